The van der Waals surface area contributed by atoms with Crippen LogP contribution in [0.5, 0.6) is 0 Å². The van der Waals surface area contributed by atoms with Gasteiger partial charge in [-0.15, -0.1) is 0 Å². The van der Waals surface area contributed by atoms with E-state index in [-0.39, 0.29) is 0 Å². The van der Waals surface area contributed by atoms with Crippen molar-refractivity contribution >= 4 is 28.2 Å². The molecular formula is C12H9NS. The van der Waals surface area contributed by atoms with E-state index < -0.39 is 0 Å². The molecule has 0 bridgehead atoms. The lowest BCUT2D eigenvalue weighted by Crippen LogP contribution is -1.85. The Labute approximate surface area is 86.8 Å². The Morgan fingerprint density at radius 3 is 2.86 bits per heavy atom. The van der Waals surface area contributed by atoms with Crippen LogP contribution in [0.3, 0.4) is 0 Å². The van der Waals surface area contributed by atoms with Crippen LogP contribution >= 0.6 is 11.8 Å². The monoisotopic (exact) mass is 199 g/mol. The number of thioether (sulfide) groups is 1. The van der Waals surface area contributed by atoms with Gasteiger partial charge in [-0.2, -0.15) is 0 Å². The van der Waals surface area contributed by atoms with Gasteiger partial charge in [-0.05, 0) is 16.8 Å². The largest absolute Gasteiger partial charge is 0.350 e. The predicted octanol–water partition coefficient (Wildman–Crippen LogP) is 3.83. The van der Waals surface area contributed by atoms with Gasteiger partial charge in [-0.25, -0.2) is 0 Å². The Morgan fingerprint density at radius 2 is 1.93 bits per heavy atom. The Hall–Kier alpha value is -1.41. The molecule has 0 spiro atoms. The van der Waals surface area contributed by atoms with Crippen molar-refractivity contribution in [1.29, 1.82) is 0 Å². The van der Waals surface area contributed by atoms with Crippen LogP contribution < -0.4 is 5.32 Å². The molecule has 2 heteroatoms. The van der Waals surface area contributed by atoms with Crippen LogP contribution in [0.15, 0.2) is 52.9 Å². The molecular weight excluding hydrogens is 190 g/mol. The average Bonchev–Trinajstić information content (AvgIpc) is 2.59. The molecule has 0 fully saturated rings. The van der Waals surface area contributed by atoms with Gasteiger partial charge in [0.1, 0.15) is 0 Å². The fourth-order valence-corrected chi connectivity index (χ4v) is 2.68. The van der Waals surface area contributed by atoms with Crippen LogP contribution in [0, 0.1) is 0 Å². The minimum absolute atomic E-state index is 1.01. The van der Waals surface area contributed by atoms with Crippen molar-refractivity contribution in [3.63, 3.8) is 0 Å². The number of anilines is 1. The molecule has 1 nitrogen and oxygen atoms in total. The molecule has 3 rings (SSSR count). The van der Waals surface area contributed by atoms with E-state index in [9.17, 15) is 0 Å². The van der Waals surface area contributed by atoms with E-state index in [4.69, 9.17) is 0 Å². The molecule has 0 aromatic heterocycles. The van der Waals surface area contributed by atoms with Crippen molar-refractivity contribution < 1.29 is 0 Å². The minimum Gasteiger partial charge on any atom is -0.350 e. The Bertz CT molecular complexity index is 531. The summed E-state index contributed by atoms with van der Waals surface area (Å²) in [4.78, 5) is 1.30. The first-order valence-electron chi connectivity index (χ1n) is 4.50. The van der Waals surface area contributed by atoms with E-state index in [0.29, 0.717) is 0 Å². The van der Waals surface area contributed by atoms with E-state index in [1.165, 1.54) is 21.4 Å². The van der Waals surface area contributed by atoms with Gasteiger partial charge in [0.05, 0.1) is 10.7 Å². The Kier molecular flexibility index (Phi) is 1.58. The molecule has 1 N–H and O–H groups in total. The zero-order chi connectivity index (χ0) is 9.54. The maximum atomic E-state index is 3.93. The van der Waals surface area contributed by atoms with Gasteiger partial charge in [-0.1, -0.05) is 48.7 Å². The second kappa shape index (κ2) is 2.79. The van der Waals surface area contributed by atoms with Crippen LogP contribution in [0.25, 0.3) is 10.8 Å². The van der Waals surface area contributed by atoms with Gasteiger partial charge in [0, 0.05) is 4.90 Å². The highest BCUT2D eigenvalue weighted by molar-refractivity contribution is 8.03. The van der Waals surface area contributed by atoms with Crippen molar-refractivity contribution in [2.24, 2.45) is 0 Å². The highest BCUT2D eigenvalue weighted by Gasteiger charge is 2.16. The third-order valence-corrected chi connectivity index (χ3v) is 3.37. The Balaban J connectivity index is 2.39. The van der Waals surface area contributed by atoms with Crippen molar-refractivity contribution in [3.05, 3.63) is 48.0 Å². The molecule has 0 atom stereocenters. The smallest absolute Gasteiger partial charge is 0.0702 e. The van der Waals surface area contributed by atoms with Crippen LogP contribution in [-0.2, 0) is 0 Å². The lowest BCUT2D eigenvalue weighted by Gasteiger charge is -2.02. The molecule has 0 saturated heterocycles. The van der Waals surface area contributed by atoms with Gasteiger partial charge >= 0.3 is 0 Å². The first-order valence-corrected chi connectivity index (χ1v) is 5.32. The zero-order valence-corrected chi connectivity index (χ0v) is 8.40. The maximum absolute atomic E-state index is 3.93. The van der Waals surface area contributed by atoms with Gasteiger partial charge in [0.25, 0.3) is 0 Å². The number of rotatable bonds is 0. The lowest BCUT2D eigenvalue weighted by molar-refractivity contribution is 1.52. The SMILES string of the molecule is C=C1Nc2ccc3ccccc3c2S1. The second-order valence-corrected chi connectivity index (χ2v) is 4.42. The topological polar surface area (TPSA) is 12.0 Å². The summed E-state index contributed by atoms with van der Waals surface area (Å²) in [6.07, 6.45) is 0. The molecule has 1 aliphatic rings. The van der Waals surface area contributed by atoms with Gasteiger partial charge in [-0.3, -0.25) is 0 Å². The third-order valence-electron chi connectivity index (χ3n) is 2.38. The first kappa shape index (κ1) is 7.94. The molecule has 0 amide bonds. The van der Waals surface area contributed by atoms with E-state index >= 15 is 0 Å². The van der Waals surface area contributed by atoms with Gasteiger partial charge in [0.15, 0.2) is 0 Å². The quantitative estimate of drug-likeness (QED) is 0.692. The zero-order valence-electron chi connectivity index (χ0n) is 7.58. The minimum atomic E-state index is 1.01. The number of fused-ring (bicyclic) bond motifs is 3. The normalized spacial score (nSPS) is 14.1. The van der Waals surface area contributed by atoms with E-state index in [2.05, 4.69) is 48.3 Å². The number of benzene rings is 2. The molecule has 2 aromatic rings. The molecule has 0 unspecified atom stereocenters. The maximum Gasteiger partial charge on any atom is 0.0702 e. The second-order valence-electron chi connectivity index (χ2n) is 3.31. The summed E-state index contributed by atoms with van der Waals surface area (Å²) in [6.45, 7) is 3.93. The van der Waals surface area contributed by atoms with Crippen molar-refractivity contribution in [2.75, 3.05) is 5.32 Å². The highest BCUT2D eigenvalue weighted by Crippen LogP contribution is 2.44. The fraction of sp³-hybridized carbons (Fsp3) is 0. The van der Waals surface area contributed by atoms with Crippen molar-refractivity contribution in [1.82, 2.24) is 0 Å². The summed E-state index contributed by atoms with van der Waals surface area (Å²) in [7, 11) is 0. The number of nitrogens with one attached hydrogen (secondary N) is 1. The lowest BCUT2D eigenvalue weighted by atomic mass is 10.1. The molecule has 1 heterocycles. The number of hydrogen-bond donors (Lipinski definition) is 1. The summed E-state index contributed by atoms with van der Waals surface area (Å²) in [5, 5.41) is 6.86. The van der Waals surface area contributed by atoms with Crippen molar-refractivity contribution in [2.45, 2.75) is 4.90 Å². The summed E-state index contributed by atoms with van der Waals surface area (Å²) < 4.78 is 0. The van der Waals surface area contributed by atoms with Gasteiger partial charge in [0.2, 0.25) is 0 Å². The Morgan fingerprint density at radius 1 is 1.07 bits per heavy atom. The van der Waals surface area contributed by atoms with Crippen LogP contribution in [0.1, 0.15) is 0 Å². The van der Waals surface area contributed by atoms with Crippen LogP contribution in [0.4, 0.5) is 5.69 Å². The van der Waals surface area contributed by atoms with E-state index in [0.717, 1.165) is 5.03 Å². The molecule has 1 aliphatic heterocycles. The summed E-state index contributed by atoms with van der Waals surface area (Å²) in [5.74, 6) is 0. The summed E-state index contributed by atoms with van der Waals surface area (Å²) in [6, 6.07) is 12.7. The van der Waals surface area contributed by atoms with Gasteiger partial charge < -0.3 is 5.32 Å². The van der Waals surface area contributed by atoms with Crippen LogP contribution in [-0.4, -0.2) is 0 Å². The summed E-state index contributed by atoms with van der Waals surface area (Å²) >= 11 is 1.71. The molecule has 0 saturated carbocycles. The first-order chi connectivity index (χ1) is 6.84. The predicted molar refractivity (Wildman–Crippen MR) is 62.6 cm³/mol. The molecule has 14 heavy (non-hydrogen) atoms. The molecule has 2 aromatic carbocycles. The fourth-order valence-electron chi connectivity index (χ4n) is 1.75. The summed E-state index contributed by atoms with van der Waals surface area (Å²) in [5.41, 5.74) is 1.18. The van der Waals surface area contributed by atoms with E-state index in [1.54, 1.807) is 11.8 Å². The molecule has 0 aliphatic carbocycles. The number of hydrogen-bond acceptors (Lipinski definition) is 2. The third kappa shape index (κ3) is 1.04. The average molecular weight is 199 g/mol. The molecule has 68 valence electrons. The molecule has 0 radical (unpaired) electrons. The standard InChI is InChI=1S/C12H9NS/c1-8-13-11-7-6-9-4-2-3-5-10(9)12(11)14-8/h2-7,13H,1H2. The van der Waals surface area contributed by atoms with E-state index in [1.807, 2.05) is 0 Å². The van der Waals surface area contributed by atoms with Crippen molar-refractivity contribution in [3.8, 4) is 0 Å². The highest BCUT2D eigenvalue weighted by atomic mass is 32.2. The van der Waals surface area contributed by atoms with Crippen LogP contribution in [0.2, 0.25) is 0 Å².